The van der Waals surface area contributed by atoms with Crippen LogP contribution in [0.1, 0.15) is 43.6 Å². The molecule has 3 aromatic rings. The summed E-state index contributed by atoms with van der Waals surface area (Å²) in [4.78, 5) is 17.0. The second-order valence-corrected chi connectivity index (χ2v) is 6.51. The summed E-state index contributed by atoms with van der Waals surface area (Å²) in [6, 6.07) is 16.7. The maximum Gasteiger partial charge on any atom is 0.226 e. The number of carbonyl (C=O) groups is 1. The molecular weight excluding hydrogens is 326 g/mol. The lowest BCUT2D eigenvalue weighted by atomic mass is 10.0. The molecule has 1 heterocycles. The topological polar surface area (TPSA) is 96.7 Å². The molecule has 134 valence electrons. The lowest BCUT2D eigenvalue weighted by Crippen LogP contribution is -2.20. The van der Waals surface area contributed by atoms with Gasteiger partial charge in [-0.05, 0) is 17.7 Å². The second kappa shape index (κ2) is 7.93. The van der Waals surface area contributed by atoms with Gasteiger partial charge in [0.1, 0.15) is 5.82 Å². The molecule has 1 atom stereocenters. The number of aromatic amines is 1. The molecule has 6 heteroatoms. The Hall–Kier alpha value is -2.99. The maximum absolute atomic E-state index is 12.5. The highest BCUT2D eigenvalue weighted by Gasteiger charge is 2.16. The fourth-order valence-corrected chi connectivity index (χ4v) is 2.66. The molecule has 3 rings (SSSR count). The molecule has 1 aromatic heterocycles. The Labute approximate surface area is 152 Å². The largest absolute Gasteiger partial charge is 0.325 e. The minimum absolute atomic E-state index is 0.145. The van der Waals surface area contributed by atoms with E-state index in [1.807, 2.05) is 68.4 Å². The summed E-state index contributed by atoms with van der Waals surface area (Å²) in [5.74, 6) is 1.49. The Kier molecular flexibility index (Phi) is 5.43. The zero-order valence-corrected chi connectivity index (χ0v) is 14.9. The molecule has 0 spiro atoms. The van der Waals surface area contributed by atoms with E-state index >= 15 is 0 Å². The van der Waals surface area contributed by atoms with Crippen LogP contribution in [0.4, 0.5) is 5.69 Å². The van der Waals surface area contributed by atoms with Crippen LogP contribution in [0.5, 0.6) is 0 Å². The third-order valence-electron chi connectivity index (χ3n) is 4.12. The fraction of sp³-hybridized carbons (Fsp3) is 0.250. The first-order chi connectivity index (χ1) is 12.5. The number of H-pyrrole nitrogens is 1. The summed E-state index contributed by atoms with van der Waals surface area (Å²) < 4.78 is 0. The number of benzene rings is 2. The quantitative estimate of drug-likeness (QED) is 0.633. The van der Waals surface area contributed by atoms with Gasteiger partial charge in [0.25, 0.3) is 0 Å². The lowest BCUT2D eigenvalue weighted by Gasteiger charge is -2.13. The van der Waals surface area contributed by atoms with E-state index in [1.54, 1.807) is 0 Å². The van der Waals surface area contributed by atoms with E-state index < -0.39 is 0 Å². The number of anilines is 1. The zero-order valence-electron chi connectivity index (χ0n) is 14.9. The fourth-order valence-electron chi connectivity index (χ4n) is 2.66. The standard InChI is InChI=1S/C20H23N5O/c1-13(2)19-23-20(25-24-19)15-10-6-7-11-17(15)22-18(26)12-16(21)14-8-4-3-5-9-14/h3-11,13,16H,12,21H2,1-2H3,(H,22,26)(H,23,24,25). The molecular formula is C20H23N5O. The van der Waals surface area contributed by atoms with Crippen LogP contribution in [0.3, 0.4) is 0 Å². The molecule has 0 aliphatic carbocycles. The van der Waals surface area contributed by atoms with Gasteiger partial charge >= 0.3 is 0 Å². The Bertz CT molecular complexity index is 873. The number of aromatic nitrogens is 3. The summed E-state index contributed by atoms with van der Waals surface area (Å²) in [5.41, 5.74) is 8.53. The van der Waals surface area contributed by atoms with Gasteiger partial charge in [0, 0.05) is 23.9 Å². The predicted octanol–water partition coefficient (Wildman–Crippen LogP) is 3.62. The van der Waals surface area contributed by atoms with Crippen LogP contribution in [-0.4, -0.2) is 21.1 Å². The van der Waals surface area contributed by atoms with E-state index in [9.17, 15) is 4.79 Å². The molecule has 0 bridgehead atoms. The smallest absolute Gasteiger partial charge is 0.226 e. The van der Waals surface area contributed by atoms with Crippen LogP contribution in [0, 0.1) is 0 Å². The highest BCUT2D eigenvalue weighted by Crippen LogP contribution is 2.26. The third-order valence-corrected chi connectivity index (χ3v) is 4.12. The molecule has 0 radical (unpaired) electrons. The number of nitrogens with two attached hydrogens (primary N) is 1. The van der Waals surface area contributed by atoms with Crippen molar-refractivity contribution in [1.29, 1.82) is 0 Å². The summed E-state index contributed by atoms with van der Waals surface area (Å²) in [6.45, 7) is 4.09. The van der Waals surface area contributed by atoms with Gasteiger partial charge in [0.15, 0.2) is 5.82 Å². The van der Waals surface area contributed by atoms with Crippen molar-refractivity contribution >= 4 is 11.6 Å². The molecule has 4 N–H and O–H groups in total. The van der Waals surface area contributed by atoms with Crippen LogP contribution >= 0.6 is 0 Å². The number of amides is 1. The number of nitrogens with zero attached hydrogens (tertiary/aromatic N) is 2. The second-order valence-electron chi connectivity index (χ2n) is 6.51. The lowest BCUT2D eigenvalue weighted by molar-refractivity contribution is -0.116. The van der Waals surface area contributed by atoms with E-state index in [1.165, 1.54) is 0 Å². The first kappa shape index (κ1) is 17.8. The third kappa shape index (κ3) is 4.15. The van der Waals surface area contributed by atoms with Gasteiger partial charge in [0.05, 0.1) is 5.69 Å². The summed E-state index contributed by atoms with van der Waals surface area (Å²) in [6.07, 6.45) is 0.198. The molecule has 0 fully saturated rings. The molecule has 0 saturated heterocycles. The Balaban J connectivity index is 1.74. The van der Waals surface area contributed by atoms with Crippen molar-refractivity contribution in [1.82, 2.24) is 15.2 Å². The van der Waals surface area contributed by atoms with Gasteiger partial charge in [-0.1, -0.05) is 56.3 Å². The number of rotatable bonds is 6. The summed E-state index contributed by atoms with van der Waals surface area (Å²) in [5, 5.41) is 10.2. The minimum Gasteiger partial charge on any atom is -0.325 e. The number of hydrogen-bond acceptors (Lipinski definition) is 4. The molecule has 26 heavy (non-hydrogen) atoms. The molecule has 0 saturated carbocycles. The molecule has 1 amide bonds. The highest BCUT2D eigenvalue weighted by molar-refractivity contribution is 5.95. The SMILES string of the molecule is CC(C)c1nc(-c2ccccc2NC(=O)CC(N)c2ccccc2)n[nH]1. The van der Waals surface area contributed by atoms with Crippen LogP contribution in [0.2, 0.25) is 0 Å². The molecule has 0 aliphatic rings. The van der Waals surface area contributed by atoms with Crippen molar-refractivity contribution in [3.63, 3.8) is 0 Å². The van der Waals surface area contributed by atoms with Gasteiger partial charge in [-0.2, -0.15) is 5.10 Å². The Morgan fingerprint density at radius 3 is 2.50 bits per heavy atom. The number of nitrogens with one attached hydrogen (secondary N) is 2. The van der Waals surface area contributed by atoms with E-state index in [0.717, 1.165) is 17.0 Å². The van der Waals surface area contributed by atoms with Crippen LogP contribution in [0.15, 0.2) is 54.6 Å². The van der Waals surface area contributed by atoms with Gasteiger partial charge in [0.2, 0.25) is 5.91 Å². The summed E-state index contributed by atoms with van der Waals surface area (Å²) >= 11 is 0. The molecule has 1 unspecified atom stereocenters. The molecule has 6 nitrogen and oxygen atoms in total. The van der Waals surface area contributed by atoms with Crippen molar-refractivity contribution in [2.24, 2.45) is 5.73 Å². The first-order valence-corrected chi connectivity index (χ1v) is 8.66. The number of hydrogen-bond donors (Lipinski definition) is 3. The van der Waals surface area contributed by atoms with E-state index in [-0.39, 0.29) is 24.3 Å². The average Bonchev–Trinajstić information content (AvgIpc) is 3.13. The predicted molar refractivity (Wildman–Crippen MR) is 103 cm³/mol. The summed E-state index contributed by atoms with van der Waals surface area (Å²) in [7, 11) is 0. The molecule has 0 aliphatic heterocycles. The Morgan fingerprint density at radius 1 is 1.12 bits per heavy atom. The van der Waals surface area contributed by atoms with E-state index in [0.29, 0.717) is 11.5 Å². The van der Waals surface area contributed by atoms with Crippen molar-refractivity contribution in [2.45, 2.75) is 32.2 Å². The highest BCUT2D eigenvalue weighted by atomic mass is 16.1. The first-order valence-electron chi connectivity index (χ1n) is 8.66. The molecule has 2 aromatic carbocycles. The Morgan fingerprint density at radius 2 is 1.81 bits per heavy atom. The van der Waals surface area contributed by atoms with Gasteiger partial charge < -0.3 is 11.1 Å². The monoisotopic (exact) mass is 349 g/mol. The van der Waals surface area contributed by atoms with Crippen molar-refractivity contribution in [2.75, 3.05) is 5.32 Å². The number of carbonyl (C=O) groups excluding carboxylic acids is 1. The van der Waals surface area contributed by atoms with Crippen molar-refractivity contribution in [3.05, 3.63) is 66.0 Å². The van der Waals surface area contributed by atoms with Crippen LogP contribution in [0.25, 0.3) is 11.4 Å². The van der Waals surface area contributed by atoms with E-state index in [4.69, 9.17) is 5.73 Å². The zero-order chi connectivity index (χ0) is 18.5. The van der Waals surface area contributed by atoms with Crippen molar-refractivity contribution < 1.29 is 4.79 Å². The van der Waals surface area contributed by atoms with Crippen molar-refractivity contribution in [3.8, 4) is 11.4 Å². The van der Waals surface area contributed by atoms with Gasteiger partial charge in [-0.25, -0.2) is 4.98 Å². The average molecular weight is 349 g/mol. The van der Waals surface area contributed by atoms with E-state index in [2.05, 4.69) is 20.5 Å². The maximum atomic E-state index is 12.5. The number of para-hydroxylation sites is 1. The van der Waals surface area contributed by atoms with Gasteiger partial charge in [-0.15, -0.1) is 0 Å². The van der Waals surface area contributed by atoms with Crippen LogP contribution in [-0.2, 0) is 4.79 Å². The normalized spacial score (nSPS) is 12.2. The minimum atomic E-state index is -0.348. The van der Waals surface area contributed by atoms with Gasteiger partial charge in [-0.3, -0.25) is 9.89 Å². The van der Waals surface area contributed by atoms with Crippen LogP contribution < -0.4 is 11.1 Å².